The van der Waals surface area contributed by atoms with Gasteiger partial charge >= 0.3 is 0 Å². The average Bonchev–Trinajstić information content (AvgIpc) is 3.20. The molecule has 1 aromatic heterocycles. The lowest BCUT2D eigenvalue weighted by atomic mass is 9.96. The Morgan fingerprint density at radius 1 is 1.33 bits per heavy atom. The summed E-state index contributed by atoms with van der Waals surface area (Å²) in [5.74, 6) is 1.23. The summed E-state index contributed by atoms with van der Waals surface area (Å²) >= 11 is 8.37. The lowest BCUT2D eigenvalue weighted by molar-refractivity contribution is 0.304. The molecule has 0 amide bonds. The van der Waals surface area contributed by atoms with E-state index in [1.165, 1.54) is 0 Å². The van der Waals surface area contributed by atoms with Gasteiger partial charge in [-0.25, -0.2) is 0 Å². The van der Waals surface area contributed by atoms with E-state index in [4.69, 9.17) is 26.1 Å². The second-order valence-corrected chi connectivity index (χ2v) is 8.42. The fourth-order valence-electron chi connectivity index (χ4n) is 3.67. The smallest absolute Gasteiger partial charge is 0.179 e. The van der Waals surface area contributed by atoms with E-state index >= 15 is 0 Å². The Morgan fingerprint density at radius 3 is 2.89 bits per heavy atom. The number of halogens is 1. The summed E-state index contributed by atoms with van der Waals surface area (Å²) in [4.78, 5) is 11.9. The fraction of sp³-hybridized carbons (Fsp3) is 0.400. The van der Waals surface area contributed by atoms with E-state index in [2.05, 4.69) is 16.8 Å². The Balaban J connectivity index is 1.79. The monoisotopic (exact) mass is 403 g/mol. The molecule has 4 rings (SSSR count). The van der Waals surface area contributed by atoms with Gasteiger partial charge < -0.3 is 14.4 Å². The van der Waals surface area contributed by atoms with Gasteiger partial charge in [0.1, 0.15) is 6.04 Å². The Hall–Kier alpha value is -1.92. The number of aromatic nitrogens is 1. The molecule has 1 aromatic carbocycles. The quantitative estimate of drug-likeness (QED) is 0.722. The second-order valence-electron chi connectivity index (χ2n) is 6.60. The van der Waals surface area contributed by atoms with Crippen LogP contribution in [-0.4, -0.2) is 40.6 Å². The summed E-state index contributed by atoms with van der Waals surface area (Å²) in [6.07, 6.45) is 1.82. The molecule has 0 spiro atoms. The molecule has 7 heteroatoms. The van der Waals surface area contributed by atoms with Gasteiger partial charge in [0, 0.05) is 18.0 Å². The van der Waals surface area contributed by atoms with Crippen LogP contribution >= 0.6 is 23.4 Å². The van der Waals surface area contributed by atoms with Crippen molar-refractivity contribution in [3.63, 3.8) is 0 Å². The largest absolute Gasteiger partial charge is 0.493 e. The van der Waals surface area contributed by atoms with Crippen LogP contribution in [-0.2, 0) is 0 Å². The summed E-state index contributed by atoms with van der Waals surface area (Å²) in [6, 6.07) is 9.92. The Kier molecular flexibility index (Phi) is 5.19. The molecule has 0 bridgehead atoms. The van der Waals surface area contributed by atoms with Gasteiger partial charge in [-0.15, -0.1) is 0 Å². The number of pyridine rings is 1. The number of nitrogens with zero attached hydrogens (tertiary/aromatic N) is 3. The van der Waals surface area contributed by atoms with Crippen molar-refractivity contribution in [1.29, 1.82) is 0 Å². The molecule has 1 saturated heterocycles. The van der Waals surface area contributed by atoms with Crippen molar-refractivity contribution in [1.82, 2.24) is 9.88 Å². The van der Waals surface area contributed by atoms with Crippen molar-refractivity contribution in [2.45, 2.75) is 31.2 Å². The molecule has 27 heavy (non-hydrogen) atoms. The van der Waals surface area contributed by atoms with Gasteiger partial charge in [-0.3, -0.25) is 9.98 Å². The van der Waals surface area contributed by atoms with Crippen LogP contribution in [0.5, 0.6) is 11.5 Å². The normalized spacial score (nSPS) is 23.9. The minimum Gasteiger partial charge on any atom is -0.493 e. The van der Waals surface area contributed by atoms with E-state index in [0.29, 0.717) is 28.4 Å². The van der Waals surface area contributed by atoms with Crippen LogP contribution in [0.1, 0.15) is 37.2 Å². The molecule has 0 unspecified atom stereocenters. The van der Waals surface area contributed by atoms with E-state index in [1.807, 2.05) is 55.2 Å². The Morgan fingerprint density at radius 2 is 2.19 bits per heavy atom. The first kappa shape index (κ1) is 18.4. The number of benzene rings is 1. The van der Waals surface area contributed by atoms with E-state index in [9.17, 15) is 0 Å². The zero-order valence-electron chi connectivity index (χ0n) is 15.6. The molecule has 142 valence electrons. The van der Waals surface area contributed by atoms with Crippen molar-refractivity contribution in [3.05, 3.63) is 52.8 Å². The van der Waals surface area contributed by atoms with Crippen molar-refractivity contribution >= 4 is 28.5 Å². The van der Waals surface area contributed by atoms with Gasteiger partial charge in [0.05, 0.1) is 30.5 Å². The minimum atomic E-state index is -0.0695. The maximum atomic E-state index is 6.55. The molecule has 2 aliphatic rings. The standard InChI is InChI=1S/C20H22ClN3O2S/c1-4-26-19-14(21)9-13(10-16(19)25-3)18-17(15-7-5-6-8-22-15)23-20-24(18)11-12(2)27-20/h5-10,12,17-18H,4,11H2,1-3H3/t12-,17+,18-/m1/s1. The maximum Gasteiger partial charge on any atom is 0.179 e. The molecule has 0 aliphatic carbocycles. The van der Waals surface area contributed by atoms with E-state index in [0.717, 1.165) is 23.0 Å². The van der Waals surface area contributed by atoms with Gasteiger partial charge in [-0.2, -0.15) is 0 Å². The molecule has 5 nitrogen and oxygen atoms in total. The molecule has 0 radical (unpaired) electrons. The summed E-state index contributed by atoms with van der Waals surface area (Å²) in [5.41, 5.74) is 2.02. The summed E-state index contributed by atoms with van der Waals surface area (Å²) < 4.78 is 11.2. The SMILES string of the molecule is CCOc1c(Cl)cc([C@@H]2[C@H](c3ccccn3)N=C3S[C@H](C)CN32)cc1OC. The fourth-order valence-corrected chi connectivity index (χ4v) is 5.04. The molecule has 0 saturated carbocycles. The number of methoxy groups -OCH3 is 1. The number of hydrogen-bond acceptors (Lipinski definition) is 6. The van der Waals surface area contributed by atoms with Crippen LogP contribution in [0.2, 0.25) is 5.02 Å². The molecule has 1 fully saturated rings. The number of thioether (sulfide) groups is 1. The van der Waals surface area contributed by atoms with Gasteiger partial charge in [0.15, 0.2) is 16.7 Å². The number of hydrogen-bond donors (Lipinski definition) is 0. The summed E-state index contributed by atoms with van der Waals surface area (Å²) in [5, 5.41) is 2.14. The van der Waals surface area contributed by atoms with Crippen LogP contribution in [0, 0.1) is 0 Å². The highest BCUT2D eigenvalue weighted by Gasteiger charge is 2.43. The van der Waals surface area contributed by atoms with Crippen LogP contribution in [0.4, 0.5) is 0 Å². The molecular weight excluding hydrogens is 382 g/mol. The summed E-state index contributed by atoms with van der Waals surface area (Å²) in [7, 11) is 1.64. The first-order chi connectivity index (χ1) is 13.1. The van der Waals surface area contributed by atoms with Crippen LogP contribution in [0.15, 0.2) is 41.5 Å². The van der Waals surface area contributed by atoms with Crippen molar-refractivity contribution in [2.24, 2.45) is 4.99 Å². The molecular formula is C20H22ClN3O2S. The first-order valence-corrected chi connectivity index (χ1v) is 10.3. The first-order valence-electron chi connectivity index (χ1n) is 9.04. The zero-order chi connectivity index (χ0) is 19.0. The van der Waals surface area contributed by atoms with Crippen molar-refractivity contribution in [3.8, 4) is 11.5 Å². The van der Waals surface area contributed by atoms with Crippen molar-refractivity contribution < 1.29 is 9.47 Å². The molecule has 0 N–H and O–H groups in total. The highest BCUT2D eigenvalue weighted by Crippen LogP contribution is 2.49. The Labute approximate surface area is 168 Å². The summed E-state index contributed by atoms with van der Waals surface area (Å²) in [6.45, 7) is 5.64. The maximum absolute atomic E-state index is 6.55. The topological polar surface area (TPSA) is 47.0 Å². The number of fused-ring (bicyclic) bond motifs is 1. The van der Waals surface area contributed by atoms with E-state index in [-0.39, 0.29) is 12.1 Å². The van der Waals surface area contributed by atoms with Gasteiger partial charge in [0.2, 0.25) is 0 Å². The van der Waals surface area contributed by atoms with Crippen LogP contribution < -0.4 is 9.47 Å². The predicted molar refractivity (Wildman–Crippen MR) is 110 cm³/mol. The van der Waals surface area contributed by atoms with E-state index < -0.39 is 0 Å². The van der Waals surface area contributed by atoms with Crippen LogP contribution in [0.3, 0.4) is 0 Å². The highest BCUT2D eigenvalue weighted by molar-refractivity contribution is 8.14. The van der Waals surface area contributed by atoms with Crippen molar-refractivity contribution in [2.75, 3.05) is 20.3 Å². The number of aliphatic imine (C=N–C) groups is 1. The highest BCUT2D eigenvalue weighted by atomic mass is 35.5. The lowest BCUT2D eigenvalue weighted by Gasteiger charge is -2.28. The van der Waals surface area contributed by atoms with Crippen LogP contribution in [0.25, 0.3) is 0 Å². The van der Waals surface area contributed by atoms with Gasteiger partial charge in [-0.1, -0.05) is 36.4 Å². The predicted octanol–water partition coefficient (Wildman–Crippen LogP) is 4.73. The minimum absolute atomic E-state index is 0.0365. The molecule has 2 aromatic rings. The third-order valence-electron chi connectivity index (χ3n) is 4.76. The van der Waals surface area contributed by atoms with Gasteiger partial charge in [-0.05, 0) is 36.8 Å². The third kappa shape index (κ3) is 3.36. The second kappa shape index (κ2) is 7.60. The Bertz CT molecular complexity index is 862. The third-order valence-corrected chi connectivity index (χ3v) is 6.15. The molecule has 2 aliphatic heterocycles. The molecule has 3 heterocycles. The number of rotatable bonds is 5. The zero-order valence-corrected chi connectivity index (χ0v) is 17.1. The average molecular weight is 404 g/mol. The molecule has 3 atom stereocenters. The lowest BCUT2D eigenvalue weighted by Crippen LogP contribution is -2.28. The number of amidine groups is 1. The van der Waals surface area contributed by atoms with Gasteiger partial charge in [0.25, 0.3) is 0 Å². The van der Waals surface area contributed by atoms with E-state index in [1.54, 1.807) is 7.11 Å². The number of ether oxygens (including phenoxy) is 2.